The van der Waals surface area contributed by atoms with Gasteiger partial charge >= 0.3 is 0 Å². The first-order valence-electron chi connectivity index (χ1n) is 5.20. The number of primary sulfonamides is 1. The molecule has 1 fully saturated rings. The van der Waals surface area contributed by atoms with E-state index in [2.05, 4.69) is 10.6 Å². The summed E-state index contributed by atoms with van der Waals surface area (Å²) in [7, 11) is -3.75. The van der Waals surface area contributed by atoms with Crippen molar-refractivity contribution in [2.45, 2.75) is 10.5 Å². The molecule has 0 amide bonds. The maximum Gasteiger partial charge on any atom is 0.240 e. The predicted molar refractivity (Wildman–Crippen MR) is 64.1 cm³/mol. The van der Waals surface area contributed by atoms with Crippen molar-refractivity contribution in [2.24, 2.45) is 5.14 Å². The molecule has 2 rings (SSSR count). The van der Waals surface area contributed by atoms with E-state index in [1.165, 1.54) is 6.07 Å². The van der Waals surface area contributed by atoms with Crippen LogP contribution in [0.25, 0.3) is 0 Å². The number of aliphatic hydroxyl groups is 1. The Morgan fingerprint density at radius 3 is 2.59 bits per heavy atom. The van der Waals surface area contributed by atoms with E-state index in [4.69, 9.17) is 5.14 Å². The summed E-state index contributed by atoms with van der Waals surface area (Å²) in [6, 6.07) is 6.36. The Labute approximate surface area is 99.9 Å². The maximum absolute atomic E-state index is 11.3. The standard InChI is InChI=1S/C10H15N3O3S/c11-17(15,16)9-4-2-1-3-8(9)13-7-10(14)5-12-6-10/h1-4,12-14H,5-7H2,(H2,11,15,16). The van der Waals surface area contributed by atoms with Crippen LogP contribution in [0.1, 0.15) is 0 Å². The molecule has 17 heavy (non-hydrogen) atoms. The van der Waals surface area contributed by atoms with Crippen LogP contribution in [0.3, 0.4) is 0 Å². The van der Waals surface area contributed by atoms with Gasteiger partial charge in [0.1, 0.15) is 10.5 Å². The zero-order valence-corrected chi connectivity index (χ0v) is 10.00. The van der Waals surface area contributed by atoms with Gasteiger partial charge in [-0.25, -0.2) is 13.6 Å². The second-order valence-corrected chi connectivity index (χ2v) is 5.75. The lowest BCUT2D eigenvalue weighted by Crippen LogP contribution is -2.63. The van der Waals surface area contributed by atoms with Gasteiger partial charge in [-0.05, 0) is 12.1 Å². The number of nitrogens with two attached hydrogens (primary N) is 1. The van der Waals surface area contributed by atoms with Crippen LogP contribution < -0.4 is 15.8 Å². The third-order valence-corrected chi connectivity index (χ3v) is 3.68. The lowest BCUT2D eigenvalue weighted by Gasteiger charge is -2.37. The quantitative estimate of drug-likeness (QED) is 0.558. The van der Waals surface area contributed by atoms with Gasteiger partial charge in [0.25, 0.3) is 0 Å². The fourth-order valence-corrected chi connectivity index (χ4v) is 2.37. The molecule has 0 radical (unpaired) electrons. The highest BCUT2D eigenvalue weighted by molar-refractivity contribution is 7.89. The van der Waals surface area contributed by atoms with Crippen molar-refractivity contribution in [2.75, 3.05) is 25.0 Å². The Morgan fingerprint density at radius 1 is 1.41 bits per heavy atom. The van der Waals surface area contributed by atoms with E-state index < -0.39 is 15.6 Å². The van der Waals surface area contributed by atoms with Crippen LogP contribution in [-0.2, 0) is 10.0 Å². The van der Waals surface area contributed by atoms with E-state index in [1.807, 2.05) is 0 Å². The van der Waals surface area contributed by atoms with Gasteiger partial charge < -0.3 is 15.7 Å². The molecule has 1 aliphatic heterocycles. The topological polar surface area (TPSA) is 104 Å². The van der Waals surface area contributed by atoms with Crippen LogP contribution in [0.4, 0.5) is 5.69 Å². The van der Waals surface area contributed by atoms with Crippen LogP contribution in [0, 0.1) is 0 Å². The fraction of sp³-hybridized carbons (Fsp3) is 0.400. The Bertz CT molecular complexity index is 511. The summed E-state index contributed by atoms with van der Waals surface area (Å²) in [5, 5.41) is 20.8. The van der Waals surface area contributed by atoms with E-state index in [-0.39, 0.29) is 11.4 Å². The molecule has 0 bridgehead atoms. The Kier molecular flexibility index (Phi) is 3.09. The predicted octanol–water partition coefficient (Wildman–Crippen LogP) is -0.920. The van der Waals surface area contributed by atoms with Gasteiger partial charge in [0, 0.05) is 19.6 Å². The first-order valence-corrected chi connectivity index (χ1v) is 6.74. The summed E-state index contributed by atoms with van der Waals surface area (Å²) < 4.78 is 22.6. The minimum atomic E-state index is -3.75. The van der Waals surface area contributed by atoms with Gasteiger partial charge in [0.05, 0.1) is 5.69 Å². The average molecular weight is 257 g/mol. The van der Waals surface area contributed by atoms with E-state index in [0.29, 0.717) is 18.8 Å². The van der Waals surface area contributed by atoms with E-state index >= 15 is 0 Å². The number of nitrogens with one attached hydrogen (secondary N) is 2. The molecule has 7 heteroatoms. The Hall–Kier alpha value is -1.15. The molecule has 1 aromatic carbocycles. The molecule has 0 atom stereocenters. The summed E-state index contributed by atoms with van der Waals surface area (Å²) in [6.45, 7) is 1.28. The molecule has 0 aromatic heterocycles. The number of benzene rings is 1. The van der Waals surface area contributed by atoms with Gasteiger partial charge in [0.15, 0.2) is 0 Å². The molecule has 6 nitrogen and oxygen atoms in total. The van der Waals surface area contributed by atoms with Crippen LogP contribution in [0.2, 0.25) is 0 Å². The highest BCUT2D eigenvalue weighted by Gasteiger charge is 2.34. The van der Waals surface area contributed by atoms with Crippen molar-refractivity contribution >= 4 is 15.7 Å². The Balaban J connectivity index is 2.16. The molecule has 0 aliphatic carbocycles. The van der Waals surface area contributed by atoms with Crippen LogP contribution in [0.15, 0.2) is 29.2 Å². The van der Waals surface area contributed by atoms with Crippen LogP contribution in [-0.4, -0.2) is 38.8 Å². The summed E-state index contributed by atoms with van der Waals surface area (Å²) in [6.07, 6.45) is 0. The number of rotatable bonds is 4. The molecule has 5 N–H and O–H groups in total. The van der Waals surface area contributed by atoms with Gasteiger partial charge in [-0.3, -0.25) is 0 Å². The summed E-state index contributed by atoms with van der Waals surface area (Å²) in [5.74, 6) is 0. The van der Waals surface area contributed by atoms with Gasteiger partial charge in [-0.2, -0.15) is 0 Å². The molecule has 1 aliphatic rings. The first-order chi connectivity index (χ1) is 7.91. The van der Waals surface area contributed by atoms with Crippen LogP contribution in [0.5, 0.6) is 0 Å². The van der Waals surface area contributed by atoms with Gasteiger partial charge in [0.2, 0.25) is 10.0 Å². The monoisotopic (exact) mass is 257 g/mol. The number of hydrogen-bond acceptors (Lipinski definition) is 5. The van der Waals surface area contributed by atoms with Crippen molar-refractivity contribution in [3.05, 3.63) is 24.3 Å². The van der Waals surface area contributed by atoms with E-state index in [9.17, 15) is 13.5 Å². The SMILES string of the molecule is NS(=O)(=O)c1ccccc1NCC1(O)CNC1. The molecule has 1 saturated heterocycles. The summed E-state index contributed by atoms with van der Waals surface area (Å²) >= 11 is 0. The average Bonchev–Trinajstić information content (AvgIpc) is 2.23. The zero-order chi connectivity index (χ0) is 12.5. The molecule has 0 spiro atoms. The minimum absolute atomic E-state index is 0.0379. The summed E-state index contributed by atoms with van der Waals surface area (Å²) in [4.78, 5) is 0.0379. The van der Waals surface area contributed by atoms with Crippen molar-refractivity contribution in [3.8, 4) is 0 Å². The van der Waals surface area contributed by atoms with Crippen molar-refractivity contribution in [1.82, 2.24) is 5.32 Å². The number of para-hydroxylation sites is 1. The third-order valence-electron chi connectivity index (χ3n) is 2.71. The second-order valence-electron chi connectivity index (χ2n) is 4.22. The number of hydrogen-bond donors (Lipinski definition) is 4. The smallest absolute Gasteiger partial charge is 0.240 e. The van der Waals surface area contributed by atoms with Gasteiger partial charge in [-0.15, -0.1) is 0 Å². The number of anilines is 1. The van der Waals surface area contributed by atoms with Crippen molar-refractivity contribution in [1.29, 1.82) is 0 Å². The Morgan fingerprint density at radius 2 is 2.06 bits per heavy atom. The molecule has 0 saturated carbocycles. The molecular formula is C10H15N3O3S. The summed E-state index contributed by atoms with van der Waals surface area (Å²) in [5.41, 5.74) is -0.402. The molecule has 1 heterocycles. The van der Waals surface area contributed by atoms with Gasteiger partial charge in [-0.1, -0.05) is 12.1 Å². The van der Waals surface area contributed by atoms with Crippen molar-refractivity contribution in [3.63, 3.8) is 0 Å². The lowest BCUT2D eigenvalue weighted by atomic mass is 9.97. The van der Waals surface area contributed by atoms with Crippen molar-refractivity contribution < 1.29 is 13.5 Å². The number of β-amino-alcohol motifs (C(OH)–C–C–N with tert-alkyl or cyclic N) is 1. The largest absolute Gasteiger partial charge is 0.385 e. The fourth-order valence-electron chi connectivity index (χ4n) is 1.66. The molecule has 1 aromatic rings. The molecule has 94 valence electrons. The normalized spacial score (nSPS) is 18.5. The highest BCUT2D eigenvalue weighted by atomic mass is 32.2. The minimum Gasteiger partial charge on any atom is -0.385 e. The first kappa shape index (κ1) is 12.3. The molecular weight excluding hydrogens is 242 g/mol. The van der Waals surface area contributed by atoms with E-state index in [1.54, 1.807) is 18.2 Å². The van der Waals surface area contributed by atoms with E-state index in [0.717, 1.165) is 0 Å². The maximum atomic E-state index is 11.3. The zero-order valence-electron chi connectivity index (χ0n) is 9.18. The third kappa shape index (κ3) is 2.75. The number of sulfonamides is 1. The molecule has 0 unspecified atom stereocenters. The van der Waals surface area contributed by atoms with Crippen LogP contribution >= 0.6 is 0 Å². The highest BCUT2D eigenvalue weighted by Crippen LogP contribution is 2.20. The lowest BCUT2D eigenvalue weighted by molar-refractivity contribution is 0.00308. The second kappa shape index (κ2) is 4.26.